The van der Waals surface area contributed by atoms with Crippen LogP contribution in [0.5, 0.6) is 17.2 Å². The molecule has 3 heteroatoms. The van der Waals surface area contributed by atoms with E-state index in [1.807, 2.05) is 0 Å². The van der Waals surface area contributed by atoms with Crippen molar-refractivity contribution in [1.82, 2.24) is 0 Å². The molecule has 2 aromatic rings. The molecule has 16 heavy (non-hydrogen) atoms. The van der Waals surface area contributed by atoms with Gasteiger partial charge in [-0.2, -0.15) is 0 Å². The Kier molecular flexibility index (Phi) is 2.68. The number of ether oxygens (including phenoxy) is 1. The topological polar surface area (TPSA) is 49.7 Å². The quantitative estimate of drug-likeness (QED) is 0.809. The molecule has 0 saturated carbocycles. The Morgan fingerprint density at radius 3 is 2.56 bits per heavy atom. The summed E-state index contributed by atoms with van der Waals surface area (Å²) in [5.41, 5.74) is 1.38. The number of rotatable bonds is 2. The highest BCUT2D eigenvalue weighted by atomic mass is 16.5. The lowest BCUT2D eigenvalue weighted by Gasteiger charge is -2.07. The molecule has 0 aliphatic heterocycles. The number of benzene rings is 2. The van der Waals surface area contributed by atoms with Crippen LogP contribution in [-0.2, 0) is 0 Å². The first-order chi connectivity index (χ1) is 7.70. The summed E-state index contributed by atoms with van der Waals surface area (Å²) in [5.74, 6) is 0.755. The van der Waals surface area contributed by atoms with Crippen molar-refractivity contribution in [1.29, 1.82) is 0 Å². The van der Waals surface area contributed by atoms with Crippen LogP contribution in [0.4, 0.5) is 0 Å². The second kappa shape index (κ2) is 4.14. The van der Waals surface area contributed by atoms with E-state index in [9.17, 15) is 10.2 Å². The van der Waals surface area contributed by atoms with Crippen LogP contribution in [0.2, 0.25) is 0 Å². The fourth-order valence-electron chi connectivity index (χ4n) is 1.50. The summed E-state index contributed by atoms with van der Waals surface area (Å²) >= 11 is 0. The maximum absolute atomic E-state index is 9.79. The zero-order valence-corrected chi connectivity index (χ0v) is 8.77. The van der Waals surface area contributed by atoms with Crippen molar-refractivity contribution in [3.63, 3.8) is 0 Å². The predicted molar refractivity (Wildman–Crippen MR) is 60.6 cm³/mol. The number of hydrogen-bond donors (Lipinski definition) is 2. The SMILES string of the molecule is COc1ccc(-c2cc[c]c(O)c2)c(O)c1. The third kappa shape index (κ3) is 1.93. The van der Waals surface area contributed by atoms with Crippen LogP contribution >= 0.6 is 0 Å². The molecule has 2 rings (SSSR count). The maximum Gasteiger partial charge on any atom is 0.127 e. The van der Waals surface area contributed by atoms with Crippen molar-refractivity contribution < 1.29 is 14.9 Å². The van der Waals surface area contributed by atoms with Crippen LogP contribution in [0.1, 0.15) is 0 Å². The summed E-state index contributed by atoms with van der Waals surface area (Å²) in [4.78, 5) is 0. The third-order valence-corrected chi connectivity index (χ3v) is 2.30. The smallest absolute Gasteiger partial charge is 0.127 e. The number of phenolic OH excluding ortho intramolecular Hbond substituents is 2. The van der Waals surface area contributed by atoms with Gasteiger partial charge in [-0.05, 0) is 29.8 Å². The highest BCUT2D eigenvalue weighted by Crippen LogP contribution is 2.33. The van der Waals surface area contributed by atoms with Gasteiger partial charge in [-0.3, -0.25) is 0 Å². The highest BCUT2D eigenvalue weighted by Gasteiger charge is 2.06. The van der Waals surface area contributed by atoms with Gasteiger partial charge in [0.2, 0.25) is 0 Å². The van der Waals surface area contributed by atoms with Gasteiger partial charge in [-0.25, -0.2) is 0 Å². The van der Waals surface area contributed by atoms with Gasteiger partial charge in [0.1, 0.15) is 17.2 Å². The van der Waals surface area contributed by atoms with Gasteiger partial charge in [0.15, 0.2) is 0 Å². The average molecular weight is 215 g/mol. The monoisotopic (exact) mass is 215 g/mol. The summed E-state index contributed by atoms with van der Waals surface area (Å²) in [6.45, 7) is 0. The minimum atomic E-state index is 0.0488. The van der Waals surface area contributed by atoms with Gasteiger partial charge in [-0.15, -0.1) is 0 Å². The zero-order chi connectivity index (χ0) is 11.5. The first-order valence-corrected chi connectivity index (χ1v) is 4.79. The van der Waals surface area contributed by atoms with Crippen molar-refractivity contribution in [2.75, 3.05) is 7.11 Å². The molecule has 81 valence electrons. The lowest BCUT2D eigenvalue weighted by atomic mass is 10.0. The predicted octanol–water partition coefficient (Wildman–Crippen LogP) is 2.57. The molecule has 0 heterocycles. The van der Waals surface area contributed by atoms with Gasteiger partial charge in [0.25, 0.3) is 0 Å². The fraction of sp³-hybridized carbons (Fsp3) is 0.0769. The Labute approximate surface area is 93.6 Å². The van der Waals surface area contributed by atoms with Crippen LogP contribution in [0.3, 0.4) is 0 Å². The number of phenols is 2. The molecule has 0 aromatic heterocycles. The Hall–Kier alpha value is -2.16. The first-order valence-electron chi connectivity index (χ1n) is 4.79. The lowest BCUT2D eigenvalue weighted by molar-refractivity contribution is 0.408. The van der Waals surface area contributed by atoms with E-state index in [1.165, 1.54) is 13.2 Å². The molecule has 0 aliphatic carbocycles. The van der Waals surface area contributed by atoms with E-state index in [2.05, 4.69) is 6.07 Å². The van der Waals surface area contributed by atoms with E-state index in [0.717, 1.165) is 5.56 Å². The van der Waals surface area contributed by atoms with Crippen molar-refractivity contribution >= 4 is 0 Å². The first kappa shape index (κ1) is 10.4. The Bertz CT molecular complexity index is 506. The minimum Gasteiger partial charge on any atom is -0.507 e. The third-order valence-electron chi connectivity index (χ3n) is 2.30. The van der Waals surface area contributed by atoms with E-state index >= 15 is 0 Å². The summed E-state index contributed by atoms with van der Waals surface area (Å²) in [6.07, 6.45) is 0. The van der Waals surface area contributed by atoms with Crippen LogP contribution in [0.15, 0.2) is 36.4 Å². The molecule has 1 radical (unpaired) electrons. The molecule has 0 spiro atoms. The number of aromatic hydroxyl groups is 2. The summed E-state index contributed by atoms with van der Waals surface area (Å²) in [5, 5.41) is 19.1. The average Bonchev–Trinajstić information content (AvgIpc) is 2.28. The molecule has 0 atom stereocenters. The maximum atomic E-state index is 9.79. The molecule has 2 aromatic carbocycles. The largest absolute Gasteiger partial charge is 0.507 e. The Balaban J connectivity index is 2.48. The lowest BCUT2D eigenvalue weighted by Crippen LogP contribution is -1.84. The second-order valence-corrected chi connectivity index (χ2v) is 3.35. The Morgan fingerprint density at radius 1 is 1.12 bits per heavy atom. The number of methoxy groups -OCH3 is 1. The van der Waals surface area contributed by atoms with E-state index in [0.29, 0.717) is 11.3 Å². The van der Waals surface area contributed by atoms with Gasteiger partial charge in [-0.1, -0.05) is 6.07 Å². The molecule has 3 nitrogen and oxygen atoms in total. The molecule has 0 saturated heterocycles. The molecule has 0 unspecified atom stereocenters. The molecule has 0 fully saturated rings. The summed E-state index contributed by atoms with van der Waals surface area (Å²) in [6, 6.07) is 12.6. The van der Waals surface area contributed by atoms with Crippen LogP contribution < -0.4 is 4.74 Å². The zero-order valence-electron chi connectivity index (χ0n) is 8.77. The van der Waals surface area contributed by atoms with Crippen molar-refractivity contribution in [3.05, 3.63) is 42.5 Å². The normalized spacial score (nSPS) is 10.1. The van der Waals surface area contributed by atoms with Crippen LogP contribution in [0.25, 0.3) is 11.1 Å². The molecular formula is C13H11O3. The van der Waals surface area contributed by atoms with E-state index in [1.54, 1.807) is 30.3 Å². The highest BCUT2D eigenvalue weighted by molar-refractivity contribution is 5.71. The van der Waals surface area contributed by atoms with Crippen molar-refractivity contribution in [2.45, 2.75) is 0 Å². The second-order valence-electron chi connectivity index (χ2n) is 3.35. The minimum absolute atomic E-state index is 0.0488. The van der Waals surface area contributed by atoms with E-state index in [4.69, 9.17) is 4.74 Å². The standard InChI is InChI=1S/C13H11O3/c1-16-11-5-6-12(13(15)8-11)9-3-2-4-10(14)7-9/h2-3,5-8,14-15H,1H3. The van der Waals surface area contributed by atoms with Gasteiger partial charge in [0, 0.05) is 17.7 Å². The Morgan fingerprint density at radius 2 is 1.94 bits per heavy atom. The van der Waals surface area contributed by atoms with E-state index in [-0.39, 0.29) is 11.5 Å². The van der Waals surface area contributed by atoms with E-state index < -0.39 is 0 Å². The van der Waals surface area contributed by atoms with Crippen molar-refractivity contribution in [2.24, 2.45) is 0 Å². The van der Waals surface area contributed by atoms with Gasteiger partial charge < -0.3 is 14.9 Å². The molecule has 2 N–H and O–H groups in total. The fourth-order valence-corrected chi connectivity index (χ4v) is 1.50. The molecule has 0 amide bonds. The molecular weight excluding hydrogens is 204 g/mol. The van der Waals surface area contributed by atoms with Crippen LogP contribution in [-0.4, -0.2) is 17.3 Å². The molecule has 0 aliphatic rings. The summed E-state index contributed by atoms with van der Waals surface area (Å²) < 4.78 is 4.99. The molecule has 0 bridgehead atoms. The van der Waals surface area contributed by atoms with Crippen molar-refractivity contribution in [3.8, 4) is 28.4 Å². The van der Waals surface area contributed by atoms with Gasteiger partial charge >= 0.3 is 0 Å². The number of hydrogen-bond acceptors (Lipinski definition) is 3. The summed E-state index contributed by atoms with van der Waals surface area (Å²) in [7, 11) is 1.54. The van der Waals surface area contributed by atoms with Crippen LogP contribution in [0, 0.1) is 6.07 Å². The van der Waals surface area contributed by atoms with Gasteiger partial charge in [0.05, 0.1) is 7.11 Å².